The van der Waals surface area contributed by atoms with E-state index in [0.29, 0.717) is 54.7 Å². The van der Waals surface area contributed by atoms with Crippen LogP contribution >= 0.6 is 0 Å². The summed E-state index contributed by atoms with van der Waals surface area (Å²) in [5, 5.41) is 12.2. The molecule has 0 radical (unpaired) electrons. The lowest BCUT2D eigenvalue weighted by atomic mass is 9.87. The molecule has 2 N–H and O–H groups in total. The number of carbonyl (C=O) groups excluding carboxylic acids is 2. The van der Waals surface area contributed by atoms with Crippen molar-refractivity contribution in [2.75, 3.05) is 6.61 Å². The standard InChI is InChI=1S/C33H35N3O6S/c1-2-25(20-37)35-33(39)24-10-6-11-26(18-24)43(40,41)21-29-27-12-7-13-30(38)28(27)14-15-31(29)42-32(19-36-17-16-34-22-36)23-8-4-3-5-9-23/h3-6,8-11,14-18,22,25,32,37H,2,7,12-13,19-21H2,1H3,(H,35,39)/t25-,32-/m1/s1. The van der Waals surface area contributed by atoms with Crippen LogP contribution in [0.5, 0.6) is 5.75 Å². The van der Waals surface area contributed by atoms with Crippen molar-refractivity contribution in [1.82, 2.24) is 14.9 Å². The number of fused-ring (bicyclic) bond motifs is 1. The maximum atomic E-state index is 13.9. The smallest absolute Gasteiger partial charge is 0.251 e. The SMILES string of the molecule is CC[C@H](CO)NC(=O)c1cccc(S(=O)(=O)Cc2c(O[C@H](Cn3ccnc3)c3ccccc3)ccc3c2CCCC3=O)c1. The Morgan fingerprint density at radius 3 is 2.63 bits per heavy atom. The second-order valence-electron chi connectivity index (χ2n) is 10.7. The monoisotopic (exact) mass is 601 g/mol. The van der Waals surface area contributed by atoms with Gasteiger partial charge in [-0.05, 0) is 60.7 Å². The molecular formula is C33H35N3O6S. The second kappa shape index (κ2) is 13.4. The Hall–Kier alpha value is -4.28. The van der Waals surface area contributed by atoms with Crippen molar-refractivity contribution in [3.63, 3.8) is 0 Å². The molecule has 0 bridgehead atoms. The number of nitrogens with zero attached hydrogens (tertiary/aromatic N) is 2. The zero-order chi connectivity index (χ0) is 30.4. The molecular weight excluding hydrogens is 566 g/mol. The zero-order valence-electron chi connectivity index (χ0n) is 24.0. The van der Waals surface area contributed by atoms with Crippen molar-refractivity contribution in [2.24, 2.45) is 0 Å². The lowest BCUT2D eigenvalue weighted by molar-refractivity contribution is 0.0913. The number of benzene rings is 3. The van der Waals surface area contributed by atoms with Gasteiger partial charge in [0.05, 0.1) is 36.2 Å². The molecule has 0 saturated carbocycles. The fourth-order valence-corrected chi connectivity index (χ4v) is 6.77. The Bertz CT molecular complexity index is 1680. The number of amides is 1. The third-order valence-corrected chi connectivity index (χ3v) is 9.37. The molecule has 3 aromatic carbocycles. The van der Waals surface area contributed by atoms with E-state index < -0.39 is 33.6 Å². The zero-order valence-corrected chi connectivity index (χ0v) is 24.8. The van der Waals surface area contributed by atoms with Gasteiger partial charge in [0.1, 0.15) is 11.9 Å². The first-order valence-corrected chi connectivity index (χ1v) is 16.0. The van der Waals surface area contributed by atoms with E-state index in [-0.39, 0.29) is 22.8 Å². The molecule has 1 aromatic heterocycles. The van der Waals surface area contributed by atoms with Crippen LogP contribution in [0.25, 0.3) is 0 Å². The van der Waals surface area contributed by atoms with Gasteiger partial charge < -0.3 is 19.7 Å². The van der Waals surface area contributed by atoms with Gasteiger partial charge in [0.2, 0.25) is 0 Å². The highest BCUT2D eigenvalue weighted by molar-refractivity contribution is 7.90. The summed E-state index contributed by atoms with van der Waals surface area (Å²) >= 11 is 0. The first-order chi connectivity index (χ1) is 20.8. The van der Waals surface area contributed by atoms with Crippen LogP contribution in [0.2, 0.25) is 0 Å². The Morgan fingerprint density at radius 2 is 1.91 bits per heavy atom. The summed E-state index contributed by atoms with van der Waals surface area (Å²) in [5.41, 5.74) is 2.76. The van der Waals surface area contributed by atoms with E-state index in [0.717, 1.165) is 5.56 Å². The number of sulfone groups is 1. The van der Waals surface area contributed by atoms with Gasteiger partial charge in [0.15, 0.2) is 15.6 Å². The van der Waals surface area contributed by atoms with Crippen molar-refractivity contribution in [2.45, 2.75) is 61.9 Å². The molecule has 5 rings (SSSR count). The van der Waals surface area contributed by atoms with Crippen LogP contribution in [0.1, 0.15) is 69.7 Å². The highest BCUT2D eigenvalue weighted by Crippen LogP contribution is 2.36. The Kier molecular flexibility index (Phi) is 9.37. The van der Waals surface area contributed by atoms with E-state index in [1.54, 1.807) is 24.7 Å². The Labute approximate surface area is 251 Å². The van der Waals surface area contributed by atoms with Crippen molar-refractivity contribution in [1.29, 1.82) is 0 Å². The van der Waals surface area contributed by atoms with Crippen molar-refractivity contribution in [3.05, 3.63) is 113 Å². The topological polar surface area (TPSA) is 128 Å². The quantitative estimate of drug-likeness (QED) is 0.241. The first-order valence-electron chi connectivity index (χ1n) is 14.4. The summed E-state index contributed by atoms with van der Waals surface area (Å²) in [4.78, 5) is 29.8. The van der Waals surface area contributed by atoms with Gasteiger partial charge in [-0.25, -0.2) is 13.4 Å². The predicted molar refractivity (Wildman–Crippen MR) is 162 cm³/mol. The summed E-state index contributed by atoms with van der Waals surface area (Å²) in [7, 11) is -3.97. The third kappa shape index (κ3) is 7.03. The molecule has 0 spiro atoms. The molecule has 224 valence electrons. The Balaban J connectivity index is 1.52. The van der Waals surface area contributed by atoms with Gasteiger partial charge in [0.25, 0.3) is 5.91 Å². The predicted octanol–water partition coefficient (Wildman–Crippen LogP) is 4.70. The van der Waals surface area contributed by atoms with Crippen LogP contribution in [-0.4, -0.2) is 47.4 Å². The molecule has 0 saturated heterocycles. The maximum Gasteiger partial charge on any atom is 0.251 e. The molecule has 0 fully saturated rings. The van der Waals surface area contributed by atoms with Crippen LogP contribution in [0.3, 0.4) is 0 Å². The number of aliphatic hydroxyl groups is 1. The van der Waals surface area contributed by atoms with E-state index in [1.807, 2.05) is 48.0 Å². The van der Waals surface area contributed by atoms with Crippen LogP contribution < -0.4 is 10.1 Å². The molecule has 4 aromatic rings. The minimum atomic E-state index is -3.97. The number of ketones is 1. The molecule has 1 aliphatic rings. The highest BCUT2D eigenvalue weighted by Gasteiger charge is 2.28. The fourth-order valence-electron chi connectivity index (χ4n) is 5.31. The summed E-state index contributed by atoms with van der Waals surface area (Å²) in [5.74, 6) is -0.481. The first kappa shape index (κ1) is 30.2. The minimum absolute atomic E-state index is 0.0130. The number of ether oxygens (including phenoxy) is 1. The van der Waals surface area contributed by atoms with E-state index in [9.17, 15) is 23.1 Å². The highest BCUT2D eigenvalue weighted by atomic mass is 32.2. The number of Topliss-reactive ketones (excluding diaryl/α,β-unsaturated/α-hetero) is 1. The number of rotatable bonds is 12. The lowest BCUT2D eigenvalue weighted by Crippen LogP contribution is -2.36. The summed E-state index contributed by atoms with van der Waals surface area (Å²) in [6.45, 7) is 2.06. The normalized spacial score (nSPS) is 14.5. The largest absolute Gasteiger partial charge is 0.484 e. The molecule has 10 heteroatoms. The van der Waals surface area contributed by atoms with Crippen LogP contribution in [0.15, 0.2) is 90.3 Å². The number of carbonyl (C=O) groups is 2. The molecule has 1 amide bonds. The summed E-state index contributed by atoms with van der Waals surface area (Å²) in [6.07, 6.45) is 6.89. The van der Waals surface area contributed by atoms with Crippen LogP contribution in [0.4, 0.5) is 0 Å². The minimum Gasteiger partial charge on any atom is -0.484 e. The molecule has 2 atom stereocenters. The lowest BCUT2D eigenvalue weighted by Gasteiger charge is -2.26. The number of hydrogen-bond acceptors (Lipinski definition) is 7. The van der Waals surface area contributed by atoms with Crippen molar-refractivity contribution >= 4 is 21.5 Å². The van der Waals surface area contributed by atoms with Gasteiger partial charge in [0, 0.05) is 35.5 Å². The van der Waals surface area contributed by atoms with E-state index >= 15 is 0 Å². The summed E-state index contributed by atoms with van der Waals surface area (Å²) in [6, 6.07) is 18.5. The fraction of sp³-hybridized carbons (Fsp3) is 0.303. The van der Waals surface area contributed by atoms with E-state index in [4.69, 9.17) is 4.74 Å². The second-order valence-corrected chi connectivity index (χ2v) is 12.7. The van der Waals surface area contributed by atoms with Crippen molar-refractivity contribution in [3.8, 4) is 5.75 Å². The number of aromatic nitrogens is 2. The average molecular weight is 602 g/mol. The maximum absolute atomic E-state index is 13.9. The van der Waals surface area contributed by atoms with Gasteiger partial charge in [-0.15, -0.1) is 0 Å². The number of nitrogens with one attached hydrogen (secondary N) is 1. The number of aliphatic hydroxyl groups excluding tert-OH is 1. The molecule has 0 unspecified atom stereocenters. The number of imidazole rings is 1. The molecule has 1 aliphatic carbocycles. The number of hydrogen-bond donors (Lipinski definition) is 2. The molecule has 43 heavy (non-hydrogen) atoms. The van der Waals surface area contributed by atoms with E-state index in [1.165, 1.54) is 24.3 Å². The molecule has 1 heterocycles. The molecule has 9 nitrogen and oxygen atoms in total. The van der Waals surface area contributed by atoms with Crippen LogP contribution in [-0.2, 0) is 28.6 Å². The van der Waals surface area contributed by atoms with Gasteiger partial charge >= 0.3 is 0 Å². The van der Waals surface area contributed by atoms with Gasteiger partial charge in [-0.1, -0.05) is 43.3 Å². The van der Waals surface area contributed by atoms with Crippen LogP contribution in [0, 0.1) is 0 Å². The molecule has 0 aliphatic heterocycles. The third-order valence-electron chi connectivity index (χ3n) is 7.73. The average Bonchev–Trinajstić information content (AvgIpc) is 3.54. The van der Waals surface area contributed by atoms with Crippen molar-refractivity contribution < 1.29 is 27.9 Å². The van der Waals surface area contributed by atoms with E-state index in [2.05, 4.69) is 10.3 Å². The summed E-state index contributed by atoms with van der Waals surface area (Å²) < 4.78 is 36.3. The Morgan fingerprint density at radius 1 is 1.09 bits per heavy atom. The van der Waals surface area contributed by atoms with Gasteiger partial charge in [-0.3, -0.25) is 9.59 Å². The van der Waals surface area contributed by atoms with Gasteiger partial charge in [-0.2, -0.15) is 0 Å².